The molecule has 0 heterocycles. The summed E-state index contributed by atoms with van der Waals surface area (Å²) in [6, 6.07) is 8.81. The highest BCUT2D eigenvalue weighted by Crippen LogP contribution is 2.21. The molecule has 0 saturated heterocycles. The third kappa shape index (κ3) is 5.55. The van der Waals surface area contributed by atoms with Crippen molar-refractivity contribution in [3.63, 3.8) is 0 Å². The molecule has 0 saturated carbocycles. The molecular formula is C17H28BrNO. The molecule has 1 N–H and O–H groups in total. The molecule has 0 aliphatic rings. The normalized spacial score (nSPS) is 14.5. The van der Waals surface area contributed by atoms with Crippen LogP contribution >= 0.6 is 15.9 Å². The largest absolute Gasteiger partial charge is 0.377 e. The van der Waals surface area contributed by atoms with E-state index in [0.29, 0.717) is 12.0 Å². The minimum atomic E-state index is 0.249. The molecule has 0 aliphatic carbocycles. The number of rotatable bonds is 9. The first-order chi connectivity index (χ1) is 9.60. The molecule has 0 aliphatic heterocycles. The minimum Gasteiger partial charge on any atom is -0.377 e. The predicted molar refractivity (Wildman–Crippen MR) is 90.2 cm³/mol. The third-order valence-corrected chi connectivity index (χ3v) is 4.24. The van der Waals surface area contributed by atoms with Crippen LogP contribution < -0.4 is 5.32 Å². The first-order valence-electron chi connectivity index (χ1n) is 7.68. The Balaban J connectivity index is 2.84. The summed E-state index contributed by atoms with van der Waals surface area (Å²) in [4.78, 5) is 0. The summed E-state index contributed by atoms with van der Waals surface area (Å²) in [6.07, 6.45) is 2.38. The van der Waals surface area contributed by atoms with E-state index in [9.17, 15) is 0 Å². The van der Waals surface area contributed by atoms with E-state index >= 15 is 0 Å². The van der Waals surface area contributed by atoms with Crippen LogP contribution in [0.5, 0.6) is 0 Å². The SMILES string of the molecule is CCCNC(Cc1ccccc1Br)C(OCC)C(C)C. The lowest BCUT2D eigenvalue weighted by atomic mass is 9.93. The van der Waals surface area contributed by atoms with Crippen molar-refractivity contribution in [2.45, 2.75) is 52.7 Å². The fourth-order valence-electron chi connectivity index (χ4n) is 2.50. The second-order valence-corrected chi connectivity index (χ2v) is 6.37. The Bertz CT molecular complexity index is 381. The molecule has 0 bridgehead atoms. The van der Waals surface area contributed by atoms with Gasteiger partial charge in [-0.25, -0.2) is 0 Å². The summed E-state index contributed by atoms with van der Waals surface area (Å²) < 4.78 is 7.18. The molecule has 3 heteroatoms. The van der Waals surface area contributed by atoms with E-state index in [1.54, 1.807) is 0 Å². The van der Waals surface area contributed by atoms with Gasteiger partial charge in [0.25, 0.3) is 0 Å². The predicted octanol–water partition coefficient (Wildman–Crippen LogP) is 4.42. The van der Waals surface area contributed by atoms with Crippen molar-refractivity contribution in [1.29, 1.82) is 0 Å². The molecule has 2 unspecified atom stereocenters. The Labute approximate surface area is 132 Å². The fraction of sp³-hybridized carbons (Fsp3) is 0.647. The van der Waals surface area contributed by atoms with Gasteiger partial charge in [-0.05, 0) is 43.9 Å². The topological polar surface area (TPSA) is 21.3 Å². The summed E-state index contributed by atoms with van der Waals surface area (Å²) >= 11 is 3.65. The van der Waals surface area contributed by atoms with Crippen LogP contribution in [0.3, 0.4) is 0 Å². The highest BCUT2D eigenvalue weighted by atomic mass is 79.9. The van der Waals surface area contributed by atoms with Gasteiger partial charge in [0.15, 0.2) is 0 Å². The summed E-state index contributed by atoms with van der Waals surface area (Å²) in [5.41, 5.74) is 1.34. The maximum atomic E-state index is 6.00. The van der Waals surface area contributed by atoms with Crippen molar-refractivity contribution in [2.24, 2.45) is 5.92 Å². The highest BCUT2D eigenvalue weighted by Gasteiger charge is 2.25. The average molecular weight is 342 g/mol. The third-order valence-electron chi connectivity index (χ3n) is 3.47. The van der Waals surface area contributed by atoms with Crippen molar-refractivity contribution in [3.05, 3.63) is 34.3 Å². The average Bonchev–Trinajstić information content (AvgIpc) is 2.43. The lowest BCUT2D eigenvalue weighted by molar-refractivity contribution is 0.00359. The van der Waals surface area contributed by atoms with Gasteiger partial charge in [-0.15, -0.1) is 0 Å². The van der Waals surface area contributed by atoms with Gasteiger partial charge in [0.1, 0.15) is 0 Å². The van der Waals surface area contributed by atoms with Crippen LogP contribution in [-0.4, -0.2) is 25.3 Å². The molecule has 0 aromatic heterocycles. The highest BCUT2D eigenvalue weighted by molar-refractivity contribution is 9.10. The van der Waals surface area contributed by atoms with Crippen LogP contribution in [0.2, 0.25) is 0 Å². The first-order valence-corrected chi connectivity index (χ1v) is 8.47. The van der Waals surface area contributed by atoms with E-state index in [2.05, 4.69) is 73.2 Å². The molecule has 1 aromatic carbocycles. The number of ether oxygens (including phenoxy) is 1. The van der Waals surface area contributed by atoms with Crippen molar-refractivity contribution in [3.8, 4) is 0 Å². The number of benzene rings is 1. The molecule has 0 radical (unpaired) electrons. The Morgan fingerprint density at radius 2 is 1.90 bits per heavy atom. The number of hydrogen-bond donors (Lipinski definition) is 1. The molecule has 0 fully saturated rings. The Kier molecular flexibility index (Phi) is 8.43. The molecular weight excluding hydrogens is 314 g/mol. The van der Waals surface area contributed by atoms with Crippen molar-refractivity contribution >= 4 is 15.9 Å². The van der Waals surface area contributed by atoms with Crippen LogP contribution in [0.15, 0.2) is 28.7 Å². The first kappa shape index (κ1) is 17.7. The smallest absolute Gasteiger partial charge is 0.0753 e. The van der Waals surface area contributed by atoms with Crippen LogP contribution in [0.25, 0.3) is 0 Å². The van der Waals surface area contributed by atoms with E-state index in [-0.39, 0.29) is 6.10 Å². The van der Waals surface area contributed by atoms with Gasteiger partial charge in [0, 0.05) is 17.1 Å². The van der Waals surface area contributed by atoms with Crippen LogP contribution in [0, 0.1) is 5.92 Å². The Morgan fingerprint density at radius 1 is 1.20 bits per heavy atom. The number of halogens is 1. The van der Waals surface area contributed by atoms with E-state index < -0.39 is 0 Å². The zero-order chi connectivity index (χ0) is 15.0. The van der Waals surface area contributed by atoms with E-state index in [1.165, 1.54) is 10.0 Å². The van der Waals surface area contributed by atoms with Gasteiger partial charge in [-0.3, -0.25) is 0 Å². The van der Waals surface area contributed by atoms with E-state index in [0.717, 1.165) is 26.0 Å². The lowest BCUT2D eigenvalue weighted by Crippen LogP contribution is -2.46. The van der Waals surface area contributed by atoms with Crippen molar-refractivity contribution in [1.82, 2.24) is 5.32 Å². The van der Waals surface area contributed by atoms with Gasteiger partial charge < -0.3 is 10.1 Å². The monoisotopic (exact) mass is 341 g/mol. The zero-order valence-electron chi connectivity index (χ0n) is 13.2. The number of hydrogen-bond acceptors (Lipinski definition) is 2. The summed E-state index contributed by atoms with van der Waals surface area (Å²) in [5.74, 6) is 0.506. The van der Waals surface area contributed by atoms with E-state index in [4.69, 9.17) is 4.74 Å². The van der Waals surface area contributed by atoms with Crippen molar-refractivity contribution < 1.29 is 4.74 Å². The molecule has 20 heavy (non-hydrogen) atoms. The van der Waals surface area contributed by atoms with E-state index in [1.807, 2.05) is 0 Å². The summed E-state index contributed by atoms with van der Waals surface area (Å²) in [5, 5.41) is 3.67. The molecule has 0 spiro atoms. The quantitative estimate of drug-likeness (QED) is 0.717. The molecule has 2 nitrogen and oxygen atoms in total. The maximum absolute atomic E-state index is 6.00. The van der Waals surface area contributed by atoms with Gasteiger partial charge in [0.05, 0.1) is 6.10 Å². The lowest BCUT2D eigenvalue weighted by Gasteiger charge is -2.31. The van der Waals surface area contributed by atoms with Crippen LogP contribution in [-0.2, 0) is 11.2 Å². The maximum Gasteiger partial charge on any atom is 0.0753 e. The summed E-state index contributed by atoms with van der Waals surface area (Å²) in [7, 11) is 0. The van der Waals surface area contributed by atoms with Crippen LogP contribution in [0.4, 0.5) is 0 Å². The van der Waals surface area contributed by atoms with Gasteiger partial charge >= 0.3 is 0 Å². The second-order valence-electron chi connectivity index (χ2n) is 5.52. The number of nitrogens with one attached hydrogen (secondary N) is 1. The molecule has 114 valence electrons. The molecule has 1 rings (SSSR count). The van der Waals surface area contributed by atoms with Gasteiger partial charge in [-0.1, -0.05) is 54.9 Å². The minimum absolute atomic E-state index is 0.249. The second kappa shape index (κ2) is 9.54. The van der Waals surface area contributed by atoms with Gasteiger partial charge in [0.2, 0.25) is 0 Å². The molecule has 2 atom stereocenters. The van der Waals surface area contributed by atoms with Crippen LogP contribution in [0.1, 0.15) is 39.7 Å². The fourth-order valence-corrected chi connectivity index (χ4v) is 2.95. The molecule has 1 aromatic rings. The standard InChI is InChI=1S/C17H28BrNO/c1-5-11-19-16(17(13(3)4)20-6-2)12-14-9-7-8-10-15(14)18/h7-10,13,16-17,19H,5-6,11-12H2,1-4H3. The summed E-state index contributed by atoms with van der Waals surface area (Å²) in [6.45, 7) is 10.6. The Morgan fingerprint density at radius 3 is 2.45 bits per heavy atom. The zero-order valence-corrected chi connectivity index (χ0v) is 14.7. The molecule has 0 amide bonds. The van der Waals surface area contributed by atoms with Gasteiger partial charge in [-0.2, -0.15) is 0 Å². The van der Waals surface area contributed by atoms with Crippen molar-refractivity contribution in [2.75, 3.05) is 13.2 Å². The Hall–Kier alpha value is -0.380.